The Bertz CT molecular complexity index is 589. The van der Waals surface area contributed by atoms with Crippen LogP contribution in [0.3, 0.4) is 0 Å². The van der Waals surface area contributed by atoms with E-state index in [4.69, 9.17) is 5.73 Å². The summed E-state index contributed by atoms with van der Waals surface area (Å²) in [6.45, 7) is 3.17. The molecule has 6 heteroatoms. The van der Waals surface area contributed by atoms with Gasteiger partial charge in [-0.15, -0.1) is 0 Å². The number of hydrogen-bond donors (Lipinski definition) is 1. The summed E-state index contributed by atoms with van der Waals surface area (Å²) in [5, 5.41) is 0. The Labute approximate surface area is 139 Å². The van der Waals surface area contributed by atoms with E-state index in [1.54, 1.807) is 4.31 Å². The molecule has 3 aliphatic heterocycles. The Morgan fingerprint density at radius 3 is 2.91 bits per heavy atom. The molecule has 0 aromatic carbocycles. The molecule has 23 heavy (non-hydrogen) atoms. The lowest BCUT2D eigenvalue weighted by Gasteiger charge is -2.54. The van der Waals surface area contributed by atoms with Gasteiger partial charge < -0.3 is 5.73 Å². The summed E-state index contributed by atoms with van der Waals surface area (Å²) in [5.41, 5.74) is 6.95. The zero-order valence-corrected chi connectivity index (χ0v) is 14.7. The van der Waals surface area contributed by atoms with Gasteiger partial charge in [0.2, 0.25) is 10.0 Å². The van der Waals surface area contributed by atoms with Crippen molar-refractivity contribution in [1.82, 2.24) is 9.21 Å². The first kappa shape index (κ1) is 16.1. The molecule has 1 aliphatic carbocycles. The fraction of sp³-hybridized carbons (Fsp3) is 0.882. The Hall–Kier alpha value is -0.430. The van der Waals surface area contributed by atoms with Gasteiger partial charge >= 0.3 is 0 Å². The summed E-state index contributed by atoms with van der Waals surface area (Å²) in [7, 11) is -3.22. The van der Waals surface area contributed by atoms with E-state index in [2.05, 4.69) is 11.0 Å². The molecule has 3 saturated heterocycles. The van der Waals surface area contributed by atoms with Crippen LogP contribution in [0.2, 0.25) is 0 Å². The van der Waals surface area contributed by atoms with Crippen LogP contribution < -0.4 is 5.73 Å². The number of piperidine rings is 3. The van der Waals surface area contributed by atoms with Crippen molar-refractivity contribution in [2.75, 3.05) is 31.9 Å². The van der Waals surface area contributed by atoms with Crippen molar-refractivity contribution < 1.29 is 8.42 Å². The number of nitrogens with two attached hydrogens (primary N) is 1. The van der Waals surface area contributed by atoms with Crippen LogP contribution in [0.25, 0.3) is 0 Å². The molecule has 2 N–H and O–H groups in total. The number of fused-ring (bicyclic) bond motifs is 6. The molecule has 0 spiro atoms. The molecule has 0 aromatic heterocycles. The summed E-state index contributed by atoms with van der Waals surface area (Å²) in [6.07, 6.45) is 9.65. The smallest absolute Gasteiger partial charge is 0.215 e. The first-order valence-corrected chi connectivity index (χ1v) is 10.9. The molecule has 0 unspecified atom stereocenters. The Morgan fingerprint density at radius 1 is 1.22 bits per heavy atom. The highest BCUT2D eigenvalue weighted by molar-refractivity contribution is 7.89. The van der Waals surface area contributed by atoms with Crippen molar-refractivity contribution in [3.8, 4) is 0 Å². The molecule has 5 nitrogen and oxygen atoms in total. The van der Waals surface area contributed by atoms with Crippen LogP contribution in [0.1, 0.15) is 38.5 Å². The molecule has 4 atom stereocenters. The summed E-state index contributed by atoms with van der Waals surface area (Å²) in [4.78, 5) is 2.65. The zero-order valence-electron chi connectivity index (χ0n) is 13.9. The van der Waals surface area contributed by atoms with Gasteiger partial charge in [-0.2, -0.15) is 4.31 Å². The fourth-order valence-electron chi connectivity index (χ4n) is 5.50. The molecular formula is C17H29N3O2S. The second kappa shape index (κ2) is 6.14. The van der Waals surface area contributed by atoms with E-state index in [0.29, 0.717) is 24.4 Å². The minimum Gasteiger partial charge on any atom is -0.329 e. The van der Waals surface area contributed by atoms with Crippen LogP contribution >= 0.6 is 0 Å². The van der Waals surface area contributed by atoms with Crippen LogP contribution in [0.15, 0.2) is 11.6 Å². The first-order chi connectivity index (χ1) is 11.1. The molecule has 0 amide bonds. The summed E-state index contributed by atoms with van der Waals surface area (Å²) in [5.74, 6) is 1.21. The quantitative estimate of drug-likeness (QED) is 0.784. The lowest BCUT2D eigenvalue weighted by molar-refractivity contribution is 0.0149. The van der Waals surface area contributed by atoms with E-state index in [0.717, 1.165) is 19.4 Å². The number of nitrogens with zero attached hydrogens (tertiary/aromatic N) is 2. The van der Waals surface area contributed by atoms with E-state index in [1.807, 2.05) is 0 Å². The van der Waals surface area contributed by atoms with Crippen LogP contribution in [0.5, 0.6) is 0 Å². The van der Waals surface area contributed by atoms with Gasteiger partial charge in [0.05, 0.1) is 5.75 Å². The van der Waals surface area contributed by atoms with Gasteiger partial charge in [-0.1, -0.05) is 18.1 Å². The van der Waals surface area contributed by atoms with E-state index >= 15 is 0 Å². The van der Waals surface area contributed by atoms with Crippen molar-refractivity contribution >= 4 is 10.0 Å². The maximum Gasteiger partial charge on any atom is 0.215 e. The minimum absolute atomic E-state index is 0.0826. The van der Waals surface area contributed by atoms with Crippen LogP contribution in [0, 0.1) is 11.8 Å². The molecule has 4 rings (SSSR count). The van der Waals surface area contributed by atoms with Gasteiger partial charge in [0.15, 0.2) is 0 Å². The largest absolute Gasteiger partial charge is 0.329 e. The molecule has 0 saturated carbocycles. The van der Waals surface area contributed by atoms with Crippen molar-refractivity contribution in [3.63, 3.8) is 0 Å². The normalized spacial score (nSPS) is 38.6. The third-order valence-corrected chi connectivity index (χ3v) is 8.22. The molecule has 2 bridgehead atoms. The van der Waals surface area contributed by atoms with Crippen molar-refractivity contribution in [2.45, 2.75) is 50.6 Å². The Kier molecular flexibility index (Phi) is 4.28. The minimum atomic E-state index is -3.22. The summed E-state index contributed by atoms with van der Waals surface area (Å²) in [6, 6.07) is 0.823. The topological polar surface area (TPSA) is 66.6 Å². The highest BCUT2D eigenvalue weighted by Crippen LogP contribution is 2.45. The summed E-state index contributed by atoms with van der Waals surface area (Å²) >= 11 is 0. The lowest BCUT2D eigenvalue weighted by atomic mass is 9.68. The Balaban J connectivity index is 1.66. The van der Waals surface area contributed by atoms with Crippen molar-refractivity contribution in [3.05, 3.63) is 11.6 Å². The molecule has 3 fully saturated rings. The van der Waals surface area contributed by atoms with E-state index in [9.17, 15) is 8.42 Å². The molecule has 130 valence electrons. The van der Waals surface area contributed by atoms with E-state index in [-0.39, 0.29) is 18.3 Å². The second-order valence-electron chi connectivity index (χ2n) is 7.72. The summed E-state index contributed by atoms with van der Waals surface area (Å²) < 4.78 is 27.2. The molecular weight excluding hydrogens is 310 g/mol. The third kappa shape index (κ3) is 2.77. The third-order valence-electron chi connectivity index (χ3n) is 6.34. The van der Waals surface area contributed by atoms with Gasteiger partial charge in [0, 0.05) is 31.7 Å². The lowest BCUT2D eigenvalue weighted by Crippen LogP contribution is -2.60. The van der Waals surface area contributed by atoms with Gasteiger partial charge in [0.1, 0.15) is 0 Å². The fourth-order valence-corrected chi connectivity index (χ4v) is 7.10. The molecule has 4 aliphatic rings. The maximum atomic E-state index is 12.7. The van der Waals surface area contributed by atoms with Crippen LogP contribution in [-0.4, -0.2) is 61.6 Å². The van der Waals surface area contributed by atoms with Crippen LogP contribution in [0.4, 0.5) is 0 Å². The van der Waals surface area contributed by atoms with Gasteiger partial charge in [-0.05, 0) is 50.5 Å². The highest BCUT2D eigenvalue weighted by atomic mass is 32.2. The molecule has 3 heterocycles. The van der Waals surface area contributed by atoms with Gasteiger partial charge in [-0.25, -0.2) is 8.42 Å². The molecule has 0 aromatic rings. The van der Waals surface area contributed by atoms with Gasteiger partial charge in [-0.3, -0.25) is 4.90 Å². The average molecular weight is 340 g/mol. The maximum absolute atomic E-state index is 12.7. The van der Waals surface area contributed by atoms with Crippen molar-refractivity contribution in [2.24, 2.45) is 17.6 Å². The predicted octanol–water partition coefficient (Wildman–Crippen LogP) is 1.17. The van der Waals surface area contributed by atoms with Gasteiger partial charge in [0.25, 0.3) is 0 Å². The number of rotatable bonds is 3. The number of hydrogen-bond acceptors (Lipinski definition) is 4. The second-order valence-corrected chi connectivity index (χ2v) is 9.76. The highest BCUT2D eigenvalue weighted by Gasteiger charge is 2.48. The van der Waals surface area contributed by atoms with E-state index < -0.39 is 10.0 Å². The standard InChI is InChI=1S/C17H29N3O2S/c18-6-9-23(21,22)20-8-3-4-13-10-14-11-15(17(13)20)12-19-7-2-1-5-16(14)19/h10,14-17H,1-9,11-12,18H2/t14-,15+,16+,17+/m0/s1. The average Bonchev–Trinajstić information content (AvgIpc) is 2.54. The van der Waals surface area contributed by atoms with Crippen molar-refractivity contribution in [1.29, 1.82) is 0 Å². The first-order valence-electron chi connectivity index (χ1n) is 9.24. The van der Waals surface area contributed by atoms with Crippen LogP contribution in [-0.2, 0) is 10.0 Å². The SMILES string of the molecule is NCCS(=O)(=O)N1CCCC2=C[C@H]3C[C@H](CN4CCCC[C@H]34)[C@@H]21. The number of sulfonamides is 1. The monoisotopic (exact) mass is 339 g/mol. The van der Waals surface area contributed by atoms with E-state index in [1.165, 1.54) is 37.8 Å². The zero-order chi connectivity index (χ0) is 16.0. The predicted molar refractivity (Wildman–Crippen MR) is 91.5 cm³/mol. The molecule has 0 radical (unpaired) electrons. The Morgan fingerprint density at radius 2 is 2.09 bits per heavy atom.